The first-order valence-corrected chi connectivity index (χ1v) is 38.1. The van der Waals surface area contributed by atoms with Gasteiger partial charge in [-0.3, -0.25) is 4.79 Å². The molecule has 3 aromatic rings. The van der Waals surface area contributed by atoms with Crippen molar-refractivity contribution in [2.75, 3.05) is 13.1 Å². The summed E-state index contributed by atoms with van der Waals surface area (Å²) >= 11 is 0. The third kappa shape index (κ3) is 7.85. The normalized spacial score (nSPS) is 44.7. The van der Waals surface area contributed by atoms with Crippen LogP contribution in [0.4, 0.5) is 0 Å². The average Bonchev–Trinajstić information content (AvgIpc) is 1.33. The highest BCUT2D eigenvalue weighted by molar-refractivity contribution is 5.81. The highest BCUT2D eigenvalue weighted by Crippen LogP contribution is 2.89. The number of carboxylic acids is 1. The standard InChI is InChI=1S/C87H100N2O5/c90-53-62-28-30-72(79(93)94)86-43-34-68-70(32-40-81(68)48-60-27-26-57(46-63(60)49-81)54-15-3-1-4-16-54)87-71(78(86)92)25-12-39-84(86,87)41-33-69-74(87)51-82-36-14-38-83-37-10-9-23-65(77-66-22-8-7-19-59(66)47-73(67(77)50-82)85(69,80(82)83)42-35-75(83)91)58-21-11-20-56(45-58)61-29-31-76(89-52-61)88-44-13-24-64(62)55-17-5-2-6-18-55/h1,3-4,7-8,11,14-16,19-22,29,31,34,36,43,45,47,50,53,55,57,60,63-65,68,70-73,75,78,80,88-92H,2,5-6,12-13,17-18,23-28,30,32-33,35,37-42,44,46,48-49,51-52H2,(H,93,94)/b62-53+/t57-,60-,63-,64-,65+,68+,70-,71+,72-,73+,75-,78+,80?,81+,82+,83+,84+,85+,86-,87-/m0/s1. The van der Waals surface area contributed by atoms with E-state index in [1.54, 1.807) is 11.1 Å². The zero-order valence-corrected chi connectivity index (χ0v) is 55.5. The molecule has 94 heavy (non-hydrogen) atoms. The van der Waals surface area contributed by atoms with Crippen molar-refractivity contribution in [1.82, 2.24) is 10.6 Å². The second-order valence-corrected chi connectivity index (χ2v) is 34.2. The quantitative estimate of drug-likeness (QED) is 0.0877. The van der Waals surface area contributed by atoms with Crippen LogP contribution in [0.3, 0.4) is 0 Å². The topological polar surface area (TPSA) is 122 Å². The molecular formula is C87H100N2O5. The van der Waals surface area contributed by atoms with E-state index < -0.39 is 51.2 Å². The summed E-state index contributed by atoms with van der Waals surface area (Å²) in [5.74, 6) is 10.6. The van der Waals surface area contributed by atoms with Crippen LogP contribution in [0.1, 0.15) is 202 Å². The summed E-state index contributed by atoms with van der Waals surface area (Å²) in [6, 6.07) is 30.2. The van der Waals surface area contributed by atoms with Crippen LogP contribution in [0.25, 0.3) is 17.2 Å². The molecule has 18 bridgehead atoms. The number of aliphatic carboxylic acids is 1. The maximum absolute atomic E-state index is 15.5. The Morgan fingerprint density at radius 2 is 1.59 bits per heavy atom. The number of rotatable bonds is 3. The zero-order valence-electron chi connectivity index (χ0n) is 55.5. The first-order chi connectivity index (χ1) is 46.0. The van der Waals surface area contributed by atoms with Gasteiger partial charge in [0.05, 0.1) is 30.2 Å². The molecule has 1 unspecified atom stereocenters. The molecule has 4 aliphatic heterocycles. The second kappa shape index (κ2) is 21.7. The van der Waals surface area contributed by atoms with Crippen molar-refractivity contribution >= 4 is 23.2 Å². The van der Waals surface area contributed by atoms with E-state index in [4.69, 9.17) is 0 Å². The van der Waals surface area contributed by atoms with Crippen LogP contribution in [-0.4, -0.2) is 51.7 Å². The Labute approximate surface area is 558 Å². The number of aliphatic hydroxyl groups excluding tert-OH is 3. The fourth-order valence-corrected chi connectivity index (χ4v) is 28.7. The third-order valence-electron chi connectivity index (χ3n) is 31.4. The minimum atomic E-state index is -1.01. The number of carboxylic acid groups (broad SMARTS) is 1. The minimum absolute atomic E-state index is 0.00784. The highest BCUT2D eigenvalue weighted by atomic mass is 16.4. The number of benzene rings is 3. The summed E-state index contributed by atoms with van der Waals surface area (Å²) in [5.41, 5.74) is 9.56. The largest absolute Gasteiger partial charge is 0.516 e. The number of allylic oxidation sites excluding steroid dienone is 10. The molecule has 488 valence electrons. The fourth-order valence-electron chi connectivity index (χ4n) is 28.7. The number of fused-ring (bicyclic) bond motifs is 8. The minimum Gasteiger partial charge on any atom is -0.516 e. The van der Waals surface area contributed by atoms with Gasteiger partial charge in [-0.2, -0.15) is 0 Å². The number of hydrogen-bond donors (Lipinski definition) is 6. The molecule has 7 nitrogen and oxygen atoms in total. The molecule has 15 aliphatic carbocycles. The van der Waals surface area contributed by atoms with Crippen molar-refractivity contribution < 1.29 is 25.2 Å². The summed E-state index contributed by atoms with van der Waals surface area (Å²) in [6.07, 6.45) is 47.4. The van der Waals surface area contributed by atoms with Gasteiger partial charge in [-0.1, -0.05) is 158 Å². The van der Waals surface area contributed by atoms with Gasteiger partial charge in [0.2, 0.25) is 0 Å². The van der Waals surface area contributed by atoms with Gasteiger partial charge in [0.25, 0.3) is 0 Å². The molecule has 4 heterocycles. The lowest BCUT2D eigenvalue weighted by Gasteiger charge is -2.74. The second-order valence-electron chi connectivity index (χ2n) is 34.2. The maximum atomic E-state index is 15.5. The van der Waals surface area contributed by atoms with Gasteiger partial charge in [0.15, 0.2) is 0 Å². The van der Waals surface area contributed by atoms with Crippen molar-refractivity contribution in [3.8, 4) is 11.8 Å². The van der Waals surface area contributed by atoms with Gasteiger partial charge in [0.1, 0.15) is 0 Å². The van der Waals surface area contributed by atoms with Crippen LogP contribution < -0.4 is 21.1 Å². The van der Waals surface area contributed by atoms with Crippen LogP contribution in [0.5, 0.6) is 0 Å². The molecule has 22 rings (SSSR count). The molecule has 7 fully saturated rings. The van der Waals surface area contributed by atoms with Crippen LogP contribution in [0.2, 0.25) is 0 Å². The van der Waals surface area contributed by atoms with Gasteiger partial charge in [-0.15, -0.1) is 11.8 Å². The molecule has 0 radical (unpaired) electrons. The van der Waals surface area contributed by atoms with E-state index in [2.05, 4.69) is 150 Å². The number of hydrogen-bond acceptors (Lipinski definition) is 6. The lowest BCUT2D eigenvalue weighted by atomic mass is 9.29. The number of nitrogens with one attached hydrogen (secondary N) is 2. The Kier molecular flexibility index (Phi) is 13.7. The molecule has 0 saturated heterocycles. The van der Waals surface area contributed by atoms with Crippen molar-refractivity contribution in [2.45, 2.75) is 197 Å². The Hall–Kier alpha value is -6.07. The number of aliphatic hydroxyl groups is 3. The summed E-state index contributed by atoms with van der Waals surface area (Å²) in [4.78, 5) is 15.5. The van der Waals surface area contributed by atoms with Gasteiger partial charge >= 0.3 is 5.97 Å². The number of dihydropyridines is 1. The Morgan fingerprint density at radius 3 is 2.45 bits per heavy atom. The Balaban J connectivity index is 0.854. The molecule has 0 aromatic heterocycles. The summed E-state index contributed by atoms with van der Waals surface area (Å²) in [5, 5.41) is 62.7. The van der Waals surface area contributed by atoms with E-state index in [0.717, 1.165) is 114 Å². The fraction of sp³-hybridized carbons (Fsp3) is 0.575. The van der Waals surface area contributed by atoms with E-state index >= 15 is 4.79 Å². The van der Waals surface area contributed by atoms with Gasteiger partial charge in [0, 0.05) is 64.8 Å². The van der Waals surface area contributed by atoms with Crippen LogP contribution in [-0.2, 0) is 4.79 Å². The lowest BCUT2D eigenvalue weighted by Crippen LogP contribution is -2.69. The first kappa shape index (κ1) is 59.2. The molecule has 0 amide bonds. The van der Waals surface area contributed by atoms with Crippen LogP contribution >= 0.6 is 0 Å². The predicted molar refractivity (Wildman–Crippen MR) is 372 cm³/mol. The molecule has 20 atom stereocenters. The summed E-state index contributed by atoms with van der Waals surface area (Å²) < 4.78 is 0. The average molecular weight is 1250 g/mol. The summed E-state index contributed by atoms with van der Waals surface area (Å²) in [7, 11) is 0. The van der Waals surface area contributed by atoms with Gasteiger partial charge in [-0.05, 0) is 254 Å². The monoisotopic (exact) mass is 1250 g/mol. The van der Waals surface area contributed by atoms with Crippen molar-refractivity contribution in [3.63, 3.8) is 0 Å². The Morgan fingerprint density at radius 1 is 0.723 bits per heavy atom. The molecule has 3 aromatic carbocycles. The highest BCUT2D eigenvalue weighted by Gasteiger charge is 2.85. The maximum Gasteiger partial charge on any atom is 0.307 e. The van der Waals surface area contributed by atoms with Crippen molar-refractivity contribution in [3.05, 3.63) is 183 Å². The van der Waals surface area contributed by atoms with Crippen LogP contribution in [0.15, 0.2) is 156 Å². The molecular weight excluding hydrogens is 1150 g/mol. The number of carbonyl (C=O) groups is 1. The van der Waals surface area contributed by atoms with Crippen molar-refractivity contribution in [2.24, 2.45) is 97.1 Å². The van der Waals surface area contributed by atoms with Crippen molar-refractivity contribution in [1.29, 1.82) is 0 Å². The smallest absolute Gasteiger partial charge is 0.307 e. The van der Waals surface area contributed by atoms with E-state index in [9.17, 15) is 20.4 Å². The van der Waals surface area contributed by atoms with E-state index in [1.165, 1.54) is 108 Å². The molecule has 4 spiro atoms. The third-order valence-corrected chi connectivity index (χ3v) is 31.4. The van der Waals surface area contributed by atoms with E-state index in [1.807, 2.05) is 0 Å². The molecule has 19 aliphatic rings. The zero-order chi connectivity index (χ0) is 63.0. The first-order valence-electron chi connectivity index (χ1n) is 38.1. The molecule has 7 saturated carbocycles. The molecule has 6 N–H and O–H groups in total. The SMILES string of the molecule is O=C(O)[C@@H]1CC/C(=C\O)[C@H](C2CCCCC2)CCCNC2=CC=C(CN2)c2cccc(c2)[C@H]2CC#CC[C@@]34CC=C[C@@]56C=C7C2=c2ccccc2=C[C@H]7[C@@](CC[C@@H]3O)(C2=C(C5)[C@]35[C@@H]7CCC[C@@]3(CC2)[C@]1(C=C[C@@H]1[C@@H]5CC[C@]12C[C@@H]1CC[C@H](c3ccccc3)C[C@H]1C2)[C@@H]7O)C64. The Bertz CT molecular complexity index is 4070. The summed E-state index contributed by atoms with van der Waals surface area (Å²) in [6.45, 7) is 1.52. The van der Waals surface area contributed by atoms with E-state index in [-0.39, 0.29) is 52.3 Å². The van der Waals surface area contributed by atoms with Gasteiger partial charge < -0.3 is 31.1 Å². The molecule has 7 heteroatoms. The van der Waals surface area contributed by atoms with E-state index in [0.29, 0.717) is 49.4 Å². The predicted octanol–water partition coefficient (Wildman–Crippen LogP) is 16.0. The van der Waals surface area contributed by atoms with Crippen LogP contribution in [0, 0.1) is 109 Å². The van der Waals surface area contributed by atoms with Gasteiger partial charge in [-0.25, -0.2) is 0 Å². The lowest BCUT2D eigenvalue weighted by molar-refractivity contribution is -0.179.